The summed E-state index contributed by atoms with van der Waals surface area (Å²) >= 11 is 0. The fraction of sp³-hybridized carbons (Fsp3) is 1.00. The van der Waals surface area contributed by atoms with Crippen molar-refractivity contribution in [2.75, 3.05) is 66.3 Å². The molecule has 0 aromatic carbocycles. The Bertz CT molecular complexity index is 662. The number of hydrogen-bond donors (Lipinski definition) is 3. The van der Waals surface area contributed by atoms with Gasteiger partial charge in [-0.2, -0.15) is 0 Å². The molecule has 0 fully saturated rings. The molecule has 284 valence electrons. The summed E-state index contributed by atoms with van der Waals surface area (Å²) in [5, 5.41) is 30.0. The Labute approximate surface area is 294 Å². The Morgan fingerprint density at radius 3 is 1.02 bits per heavy atom. The van der Waals surface area contributed by atoms with Crippen LogP contribution in [0.25, 0.3) is 0 Å². The molecule has 7 nitrogen and oxygen atoms in total. The zero-order chi connectivity index (χ0) is 35.7. The summed E-state index contributed by atoms with van der Waals surface area (Å²) in [7, 11) is -0.786. The molecular weight excluding hydrogens is 607 g/mol. The van der Waals surface area contributed by atoms with Gasteiger partial charge in [0.25, 0.3) is 0 Å². The van der Waals surface area contributed by atoms with Gasteiger partial charge in [-0.15, -0.1) is 0 Å². The SMILES string of the molecule is CCCCCCCCCC[N+](C)(CCCCCCCCCC)CCC[Si](OCC(C)(C)CO)(OCC(C)(C)CO)OCC(C)(C)CO. The molecule has 0 aliphatic rings. The first-order chi connectivity index (χ1) is 22.1. The van der Waals surface area contributed by atoms with Crippen LogP contribution in [0.2, 0.25) is 6.04 Å². The van der Waals surface area contributed by atoms with Crippen molar-refractivity contribution in [3.63, 3.8) is 0 Å². The molecule has 0 aromatic rings. The Hall–Kier alpha value is -0.0631. The maximum absolute atomic E-state index is 10.0. The van der Waals surface area contributed by atoms with Crippen molar-refractivity contribution in [2.45, 2.75) is 171 Å². The summed E-state index contributed by atoms with van der Waals surface area (Å²) in [5.41, 5.74) is -1.29. The summed E-state index contributed by atoms with van der Waals surface area (Å²) in [5.74, 6) is 0. The summed E-state index contributed by atoms with van der Waals surface area (Å²) in [6.45, 7) is 21.0. The number of quaternary nitrogens is 1. The highest BCUT2D eigenvalue weighted by Crippen LogP contribution is 2.29. The van der Waals surface area contributed by atoms with Gasteiger partial charge in [-0.1, -0.05) is 132 Å². The first kappa shape index (κ1) is 46.9. The molecule has 3 N–H and O–H groups in total. The van der Waals surface area contributed by atoms with Crippen LogP contribution in [-0.4, -0.2) is 94.9 Å². The molecule has 0 saturated heterocycles. The van der Waals surface area contributed by atoms with E-state index in [0.717, 1.165) is 17.4 Å². The fourth-order valence-corrected chi connectivity index (χ4v) is 8.77. The third-order valence-corrected chi connectivity index (χ3v) is 12.3. The van der Waals surface area contributed by atoms with Gasteiger partial charge in [-0.05, 0) is 25.7 Å². The number of aliphatic hydroxyl groups is 3. The summed E-state index contributed by atoms with van der Waals surface area (Å²) in [6, 6.07) is 0.681. The zero-order valence-corrected chi connectivity index (χ0v) is 34.1. The van der Waals surface area contributed by atoms with E-state index in [9.17, 15) is 15.3 Å². The van der Waals surface area contributed by atoms with Crippen molar-refractivity contribution in [3.8, 4) is 0 Å². The highest BCUT2D eigenvalue weighted by molar-refractivity contribution is 6.60. The average Bonchev–Trinajstić information content (AvgIpc) is 3.04. The van der Waals surface area contributed by atoms with Gasteiger partial charge in [0, 0.05) is 48.5 Å². The topological polar surface area (TPSA) is 88.4 Å². The molecule has 0 rings (SSSR count). The maximum atomic E-state index is 10.0. The van der Waals surface area contributed by atoms with E-state index in [4.69, 9.17) is 13.3 Å². The van der Waals surface area contributed by atoms with E-state index >= 15 is 0 Å². The predicted molar refractivity (Wildman–Crippen MR) is 202 cm³/mol. The van der Waals surface area contributed by atoms with Crippen LogP contribution in [0.4, 0.5) is 0 Å². The molecule has 8 heteroatoms. The third kappa shape index (κ3) is 24.7. The number of unbranched alkanes of at least 4 members (excludes halogenated alkanes) is 14. The predicted octanol–water partition coefficient (Wildman–Crippen LogP) is 9.15. The summed E-state index contributed by atoms with van der Waals surface area (Å²) < 4.78 is 21.0. The van der Waals surface area contributed by atoms with E-state index in [0.29, 0.717) is 25.9 Å². The molecule has 0 aliphatic carbocycles. The normalized spacial score (nSPS) is 13.5. The highest BCUT2D eigenvalue weighted by Gasteiger charge is 2.45. The molecule has 0 bridgehead atoms. The van der Waals surface area contributed by atoms with Gasteiger partial charge >= 0.3 is 8.80 Å². The molecule has 0 heterocycles. The van der Waals surface area contributed by atoms with Gasteiger partial charge < -0.3 is 33.1 Å². The van der Waals surface area contributed by atoms with Crippen LogP contribution in [0.15, 0.2) is 0 Å². The monoisotopic (exact) mass is 691 g/mol. The molecule has 0 unspecified atom stereocenters. The van der Waals surface area contributed by atoms with Crippen molar-refractivity contribution < 1.29 is 33.1 Å². The molecule has 0 aromatic heterocycles. The maximum Gasteiger partial charge on any atom is 0.501 e. The minimum absolute atomic E-state index is 0.00785. The summed E-state index contributed by atoms with van der Waals surface area (Å²) in [6.07, 6.45) is 22.3. The van der Waals surface area contributed by atoms with Crippen molar-refractivity contribution >= 4 is 8.80 Å². The quantitative estimate of drug-likeness (QED) is 0.0355. The first-order valence-corrected chi connectivity index (χ1v) is 21.6. The van der Waals surface area contributed by atoms with Gasteiger partial charge in [0.2, 0.25) is 0 Å². The van der Waals surface area contributed by atoms with Crippen LogP contribution in [0.3, 0.4) is 0 Å². The Morgan fingerprint density at radius 2 is 0.723 bits per heavy atom. The molecule has 0 atom stereocenters. The van der Waals surface area contributed by atoms with E-state index in [-0.39, 0.29) is 19.8 Å². The smallest absolute Gasteiger partial charge is 0.396 e. The van der Waals surface area contributed by atoms with Gasteiger partial charge in [-0.25, -0.2) is 0 Å². The molecule has 0 spiro atoms. The lowest BCUT2D eigenvalue weighted by molar-refractivity contribution is -0.910. The largest absolute Gasteiger partial charge is 0.501 e. The van der Waals surface area contributed by atoms with Gasteiger partial charge in [-0.3, -0.25) is 0 Å². The standard InChI is InChI=1S/C39H84NO6Si/c1-10-12-14-16-18-20-22-24-27-40(9,28-25-23-21-19-17-15-13-11-2)29-26-30-47(44-34-37(3,4)31-41,45-35-38(5,6)32-42)46-36-39(7,8)33-43/h41-43H,10-36H2,1-9H3/q+1. The Kier molecular flexibility index (Phi) is 25.8. The molecule has 0 aliphatic heterocycles. The minimum Gasteiger partial charge on any atom is -0.396 e. The first-order valence-electron chi connectivity index (χ1n) is 19.7. The lowest BCUT2D eigenvalue weighted by atomic mass is 9.97. The van der Waals surface area contributed by atoms with Crippen molar-refractivity contribution in [2.24, 2.45) is 16.2 Å². The van der Waals surface area contributed by atoms with Crippen LogP contribution in [0, 0.1) is 16.2 Å². The second kappa shape index (κ2) is 25.8. The second-order valence-corrected chi connectivity index (χ2v) is 20.1. The molecule has 0 saturated carbocycles. The Morgan fingerprint density at radius 1 is 0.447 bits per heavy atom. The summed E-state index contributed by atoms with van der Waals surface area (Å²) in [4.78, 5) is 0. The van der Waals surface area contributed by atoms with Gasteiger partial charge in [0.05, 0.1) is 46.5 Å². The number of hydrogen-bond acceptors (Lipinski definition) is 6. The van der Waals surface area contributed by atoms with E-state index in [1.807, 2.05) is 41.5 Å². The van der Waals surface area contributed by atoms with Crippen LogP contribution < -0.4 is 0 Å². The fourth-order valence-electron chi connectivity index (χ4n) is 5.66. The van der Waals surface area contributed by atoms with E-state index in [2.05, 4.69) is 20.9 Å². The zero-order valence-electron chi connectivity index (χ0n) is 33.1. The average molecular weight is 691 g/mol. The molecule has 0 radical (unpaired) electrons. The van der Waals surface area contributed by atoms with Crippen LogP contribution >= 0.6 is 0 Å². The number of rotatable bonds is 34. The lowest BCUT2D eigenvalue weighted by Crippen LogP contribution is -2.53. The van der Waals surface area contributed by atoms with Crippen LogP contribution in [-0.2, 0) is 13.3 Å². The number of nitrogens with zero attached hydrogens (tertiary/aromatic N) is 1. The van der Waals surface area contributed by atoms with E-state index in [1.54, 1.807) is 0 Å². The van der Waals surface area contributed by atoms with E-state index in [1.165, 1.54) is 116 Å². The Balaban J connectivity index is 5.69. The highest BCUT2D eigenvalue weighted by atomic mass is 28.4. The minimum atomic E-state index is -3.24. The lowest BCUT2D eigenvalue weighted by Gasteiger charge is -2.39. The number of aliphatic hydroxyl groups excluding tert-OH is 3. The molecule has 47 heavy (non-hydrogen) atoms. The van der Waals surface area contributed by atoms with Crippen LogP contribution in [0.5, 0.6) is 0 Å². The van der Waals surface area contributed by atoms with Crippen molar-refractivity contribution in [1.29, 1.82) is 0 Å². The van der Waals surface area contributed by atoms with E-state index < -0.39 is 25.0 Å². The molecule has 0 amide bonds. The third-order valence-electron chi connectivity index (χ3n) is 9.62. The van der Waals surface area contributed by atoms with Gasteiger partial charge in [0.15, 0.2) is 0 Å². The second-order valence-electron chi connectivity index (χ2n) is 17.4. The molecular formula is C39H84NO6Si+. The van der Waals surface area contributed by atoms with Crippen molar-refractivity contribution in [3.05, 3.63) is 0 Å². The van der Waals surface area contributed by atoms with Crippen LogP contribution in [0.1, 0.15) is 165 Å². The van der Waals surface area contributed by atoms with Gasteiger partial charge in [0.1, 0.15) is 0 Å². The van der Waals surface area contributed by atoms with Crippen molar-refractivity contribution in [1.82, 2.24) is 0 Å².